The van der Waals surface area contributed by atoms with Crippen LogP contribution in [0.25, 0.3) is 0 Å². The smallest absolute Gasteiger partial charge is 0.273 e. The number of nitrogens with zero attached hydrogens (tertiary/aromatic N) is 2. The Morgan fingerprint density at radius 1 is 0.947 bits per heavy atom. The zero-order valence-electron chi connectivity index (χ0n) is 19.5. The number of benzene rings is 2. The van der Waals surface area contributed by atoms with E-state index in [-0.39, 0.29) is 55.0 Å². The summed E-state index contributed by atoms with van der Waals surface area (Å²) in [4.78, 5) is 55.5. The van der Waals surface area contributed by atoms with Crippen LogP contribution in [0.2, 0.25) is 10.0 Å². The van der Waals surface area contributed by atoms with Crippen LogP contribution in [0.4, 0.5) is 4.39 Å². The molecule has 6 nitrogen and oxygen atoms in total. The van der Waals surface area contributed by atoms with E-state index >= 15 is 0 Å². The maximum Gasteiger partial charge on any atom is 0.273 e. The van der Waals surface area contributed by atoms with Crippen molar-refractivity contribution in [2.24, 2.45) is 23.7 Å². The molecule has 3 fully saturated rings. The average molecular weight is 710 g/mol. The van der Waals surface area contributed by atoms with E-state index in [2.05, 4.69) is 31.9 Å². The molecular formula is C26H20Br2Cl3FN2O4. The largest absolute Gasteiger partial charge is 0.292 e. The molecule has 2 aromatic rings. The van der Waals surface area contributed by atoms with Gasteiger partial charge in [0.15, 0.2) is 5.78 Å². The number of fused-ring (bicyclic) bond motifs is 5. The van der Waals surface area contributed by atoms with Crippen LogP contribution in [0.1, 0.15) is 33.6 Å². The molecule has 38 heavy (non-hydrogen) atoms. The lowest BCUT2D eigenvalue weighted by Gasteiger charge is -2.36. The lowest BCUT2D eigenvalue weighted by molar-refractivity contribution is -0.157. The highest BCUT2D eigenvalue weighted by Gasteiger charge is 2.68. The Bertz CT molecular complexity index is 1300. The van der Waals surface area contributed by atoms with Gasteiger partial charge >= 0.3 is 0 Å². The molecule has 12 heteroatoms. The first-order valence-electron chi connectivity index (χ1n) is 11.9. The zero-order valence-corrected chi connectivity index (χ0v) is 24.9. The van der Waals surface area contributed by atoms with Crippen molar-refractivity contribution >= 4 is 90.2 Å². The highest BCUT2D eigenvalue weighted by atomic mass is 79.9. The summed E-state index contributed by atoms with van der Waals surface area (Å²) in [6.07, 6.45) is 0.638. The molecule has 1 aliphatic heterocycles. The van der Waals surface area contributed by atoms with Gasteiger partial charge in [0, 0.05) is 26.7 Å². The van der Waals surface area contributed by atoms with Crippen molar-refractivity contribution < 1.29 is 23.6 Å². The second kappa shape index (κ2) is 10.8. The molecule has 200 valence electrons. The fraction of sp³-hybridized carbons (Fsp3) is 0.385. The summed E-state index contributed by atoms with van der Waals surface area (Å²) in [7, 11) is 0. The van der Waals surface area contributed by atoms with Crippen LogP contribution in [0.5, 0.6) is 0 Å². The molecule has 1 saturated heterocycles. The molecule has 0 spiro atoms. The lowest BCUT2D eigenvalue weighted by atomic mass is 9.81. The predicted molar refractivity (Wildman–Crippen MR) is 148 cm³/mol. The van der Waals surface area contributed by atoms with Crippen molar-refractivity contribution in [1.29, 1.82) is 0 Å². The van der Waals surface area contributed by atoms with Gasteiger partial charge in [-0.1, -0.05) is 55.1 Å². The van der Waals surface area contributed by atoms with Crippen LogP contribution in [-0.2, 0) is 9.59 Å². The fourth-order valence-electron chi connectivity index (χ4n) is 5.95. The summed E-state index contributed by atoms with van der Waals surface area (Å²) in [5, 5.41) is 2.06. The Balaban J connectivity index is 1.61. The molecule has 5 rings (SSSR count). The second-order valence-electron chi connectivity index (χ2n) is 9.64. The monoisotopic (exact) mass is 706 g/mol. The minimum atomic E-state index is -1.32. The zero-order chi connectivity index (χ0) is 27.5. The molecule has 2 saturated carbocycles. The third-order valence-corrected chi connectivity index (χ3v) is 11.8. The number of hydrazine groups is 1. The Kier molecular flexibility index (Phi) is 7.97. The summed E-state index contributed by atoms with van der Waals surface area (Å²) in [5.41, 5.74) is 0.136. The summed E-state index contributed by atoms with van der Waals surface area (Å²) >= 11 is 25.6. The number of amides is 3. The number of carbonyl (C=O) groups is 4. The standard InChI is InChI=1S/C26H20Br2Cl3FN2O4/c27-21-14-10-15(22(21)28)20-19(14)25(37)34(26(20)38)33(24(36)12-3-6-16(30)17(31)9-12)18(7-8-29)23(35)11-1-4-13(32)5-2-11/h1-6,9,14-15,18-22H,7-8,10H2/t14-,15-,18+,19-,20+,21-,22+/m1/s1. The first-order valence-corrected chi connectivity index (χ1v) is 15.0. The van der Waals surface area contributed by atoms with Gasteiger partial charge in [0.2, 0.25) is 0 Å². The number of hydrogen-bond acceptors (Lipinski definition) is 4. The van der Waals surface area contributed by atoms with E-state index in [0.29, 0.717) is 6.42 Å². The van der Waals surface area contributed by atoms with Gasteiger partial charge in [0.05, 0.1) is 21.9 Å². The molecule has 3 aliphatic rings. The Morgan fingerprint density at radius 2 is 1.50 bits per heavy atom. The summed E-state index contributed by atoms with van der Waals surface area (Å²) < 4.78 is 13.6. The molecular weight excluding hydrogens is 689 g/mol. The van der Waals surface area contributed by atoms with Crippen molar-refractivity contribution in [3.8, 4) is 0 Å². The van der Waals surface area contributed by atoms with Crippen molar-refractivity contribution in [3.63, 3.8) is 0 Å². The van der Waals surface area contributed by atoms with E-state index in [1.54, 1.807) is 0 Å². The molecule has 3 amide bonds. The van der Waals surface area contributed by atoms with E-state index in [1.807, 2.05) is 0 Å². The van der Waals surface area contributed by atoms with Gasteiger partial charge in [-0.05, 0) is 67.1 Å². The molecule has 2 aliphatic carbocycles. The van der Waals surface area contributed by atoms with Crippen LogP contribution in [0.15, 0.2) is 42.5 Å². The SMILES string of the molecule is O=C(c1ccc(F)cc1)[C@H](CCCl)N(C(=O)c1ccc(Cl)c(Cl)c1)N1C(=O)[C@@H]2[C@H]3C[C@@H]([C@H](Br)[C@@H]3Br)[C@@H]2C1=O. The summed E-state index contributed by atoms with van der Waals surface area (Å²) in [6.45, 7) is 0. The molecule has 0 N–H and O–H groups in total. The van der Waals surface area contributed by atoms with Crippen molar-refractivity contribution in [2.45, 2.75) is 28.5 Å². The molecule has 1 heterocycles. The van der Waals surface area contributed by atoms with Gasteiger partial charge in [-0.3, -0.25) is 19.2 Å². The van der Waals surface area contributed by atoms with Gasteiger partial charge in [-0.2, -0.15) is 5.01 Å². The van der Waals surface area contributed by atoms with Crippen LogP contribution in [-0.4, -0.2) is 55.1 Å². The van der Waals surface area contributed by atoms with Gasteiger partial charge in [0.1, 0.15) is 11.9 Å². The highest BCUT2D eigenvalue weighted by Crippen LogP contribution is 2.60. The van der Waals surface area contributed by atoms with E-state index in [1.165, 1.54) is 30.3 Å². The highest BCUT2D eigenvalue weighted by molar-refractivity contribution is 9.12. The summed E-state index contributed by atoms with van der Waals surface area (Å²) in [5.74, 6) is -4.46. The van der Waals surface area contributed by atoms with Gasteiger partial charge < -0.3 is 0 Å². The van der Waals surface area contributed by atoms with E-state index < -0.39 is 47.2 Å². The topological polar surface area (TPSA) is 74.8 Å². The van der Waals surface area contributed by atoms with Crippen LogP contribution in [0.3, 0.4) is 0 Å². The van der Waals surface area contributed by atoms with E-state index in [0.717, 1.165) is 22.2 Å². The first kappa shape index (κ1) is 28.0. The van der Waals surface area contributed by atoms with Gasteiger partial charge in [-0.25, -0.2) is 9.40 Å². The number of Topliss-reactive ketones (excluding diaryl/α,β-unsaturated/α-hetero) is 1. The van der Waals surface area contributed by atoms with Crippen LogP contribution in [0, 0.1) is 29.5 Å². The maximum absolute atomic E-state index is 14.0. The maximum atomic E-state index is 14.0. The fourth-order valence-corrected chi connectivity index (χ4v) is 8.33. The molecule has 0 unspecified atom stereocenters. The minimum Gasteiger partial charge on any atom is -0.292 e. The normalized spacial score (nSPS) is 28.5. The predicted octanol–water partition coefficient (Wildman–Crippen LogP) is 6.15. The first-order chi connectivity index (χ1) is 18.1. The van der Waals surface area contributed by atoms with E-state index in [9.17, 15) is 23.6 Å². The third kappa shape index (κ3) is 4.52. The quantitative estimate of drug-likeness (QED) is 0.197. The number of imide groups is 1. The second-order valence-corrected chi connectivity index (χ2v) is 12.9. The van der Waals surface area contributed by atoms with Gasteiger partial charge in [0.25, 0.3) is 17.7 Å². The molecule has 2 aromatic carbocycles. The van der Waals surface area contributed by atoms with E-state index in [4.69, 9.17) is 34.8 Å². The minimum absolute atomic E-state index is 0.0100. The van der Waals surface area contributed by atoms with Gasteiger partial charge in [-0.15, -0.1) is 11.6 Å². The third-order valence-electron chi connectivity index (χ3n) is 7.66. The van der Waals surface area contributed by atoms with Crippen LogP contribution >= 0.6 is 66.7 Å². The molecule has 2 bridgehead atoms. The summed E-state index contributed by atoms with van der Waals surface area (Å²) in [6, 6.07) is 7.64. The van der Waals surface area contributed by atoms with Crippen molar-refractivity contribution in [1.82, 2.24) is 10.0 Å². The Labute approximate surface area is 250 Å². The van der Waals surface area contributed by atoms with Crippen molar-refractivity contribution in [2.75, 3.05) is 5.88 Å². The molecule has 0 aromatic heterocycles. The number of ketones is 1. The average Bonchev–Trinajstić information content (AvgIpc) is 3.51. The van der Waals surface area contributed by atoms with Crippen molar-refractivity contribution in [3.05, 3.63) is 69.5 Å². The number of alkyl halides is 3. The molecule has 0 radical (unpaired) electrons. The van der Waals surface area contributed by atoms with Crippen LogP contribution < -0.4 is 0 Å². The Hall–Kier alpha value is -1.52. The number of rotatable bonds is 7. The molecule has 7 atom stereocenters. The lowest BCUT2D eigenvalue weighted by Crippen LogP contribution is -2.58. The Morgan fingerprint density at radius 3 is 2.03 bits per heavy atom. The number of hydrogen-bond donors (Lipinski definition) is 0. The number of carbonyl (C=O) groups excluding carboxylic acids is 4. The number of halogens is 6.